The van der Waals surface area contributed by atoms with Crippen LogP contribution in [0.3, 0.4) is 0 Å². The summed E-state index contributed by atoms with van der Waals surface area (Å²) >= 11 is 0. The van der Waals surface area contributed by atoms with Crippen molar-refractivity contribution < 1.29 is 18.9 Å². The van der Waals surface area contributed by atoms with Crippen molar-refractivity contribution in [2.24, 2.45) is 0 Å². The molecule has 0 spiro atoms. The van der Waals surface area contributed by atoms with Gasteiger partial charge in [-0.25, -0.2) is 0 Å². The molecule has 0 saturated heterocycles. The summed E-state index contributed by atoms with van der Waals surface area (Å²) in [4.78, 5) is 0. The van der Waals surface area contributed by atoms with Gasteiger partial charge in [0.25, 0.3) is 0 Å². The third-order valence-electron chi connectivity index (χ3n) is 3.70. The lowest BCUT2D eigenvalue weighted by atomic mass is 10.4. The second-order valence-corrected chi connectivity index (χ2v) is 13.5. The Morgan fingerprint density at radius 2 is 0.800 bits per heavy atom. The van der Waals surface area contributed by atoms with Gasteiger partial charge in [0.1, 0.15) is 10.8 Å². The number of hydrogen-bond acceptors (Lipinski definition) is 4. The Bertz CT molecular complexity index is 294. The first kappa shape index (κ1) is 25.3. The van der Waals surface area contributed by atoms with Crippen LogP contribution in [0.2, 0.25) is 12.1 Å². The topological polar surface area (TPSA) is 36.9 Å². The molecule has 6 heteroatoms. The van der Waals surface area contributed by atoms with E-state index >= 15 is 0 Å². The van der Waals surface area contributed by atoms with Crippen LogP contribution >= 0.6 is 0 Å². The molecule has 0 aromatic rings. The molecule has 0 heterocycles. The Morgan fingerprint density at radius 1 is 0.560 bits per heavy atom. The number of rotatable bonds is 14. The van der Waals surface area contributed by atoms with Gasteiger partial charge < -0.3 is 18.9 Å². The van der Waals surface area contributed by atoms with Gasteiger partial charge in [-0.05, 0) is 69.2 Å². The lowest BCUT2D eigenvalue weighted by Crippen LogP contribution is -2.44. The van der Waals surface area contributed by atoms with Crippen LogP contribution in [0.25, 0.3) is 0 Å². The molecular formula is C19H44O4Si2. The van der Waals surface area contributed by atoms with Gasteiger partial charge in [0.2, 0.25) is 0 Å². The minimum atomic E-state index is -0.469. The SMILES string of the molecule is CC(C)OC(C)(OC(C)C)[SiH2]CCC[SiH2]C(C)(OC(C)C)OC(C)C. The van der Waals surface area contributed by atoms with E-state index in [9.17, 15) is 0 Å². The molecule has 0 aliphatic rings. The summed E-state index contributed by atoms with van der Waals surface area (Å²) < 4.78 is 24.4. The van der Waals surface area contributed by atoms with Crippen LogP contribution in [-0.4, -0.2) is 54.3 Å². The van der Waals surface area contributed by atoms with Crippen molar-refractivity contribution in [2.75, 3.05) is 0 Å². The predicted molar refractivity (Wildman–Crippen MR) is 113 cm³/mol. The number of hydrogen-bond donors (Lipinski definition) is 0. The van der Waals surface area contributed by atoms with Crippen molar-refractivity contribution in [2.45, 2.75) is 123 Å². The zero-order chi connectivity index (χ0) is 19.7. The molecule has 0 aliphatic heterocycles. The quantitative estimate of drug-likeness (QED) is 0.257. The van der Waals surface area contributed by atoms with E-state index in [1.165, 1.54) is 18.5 Å². The minimum Gasteiger partial charge on any atom is -0.352 e. The van der Waals surface area contributed by atoms with Crippen LogP contribution in [0.1, 0.15) is 75.7 Å². The highest BCUT2D eigenvalue weighted by Gasteiger charge is 2.30. The standard InChI is InChI=1S/C19H44O4Si2/c1-14(2)20-18(9,21-15(3)4)24-12-11-13-25-19(10,22-16(5)6)23-17(7)8/h14-17H,11-13,24-25H2,1-10H3. The van der Waals surface area contributed by atoms with E-state index in [0.29, 0.717) is 0 Å². The molecule has 0 saturated carbocycles. The highest BCUT2D eigenvalue weighted by molar-refractivity contribution is 6.40. The molecular weight excluding hydrogens is 348 g/mol. The Kier molecular flexibility index (Phi) is 12.0. The second kappa shape index (κ2) is 11.9. The molecule has 0 atom stereocenters. The van der Waals surface area contributed by atoms with Gasteiger partial charge in [-0.1, -0.05) is 18.5 Å². The van der Waals surface area contributed by atoms with Crippen molar-refractivity contribution in [1.29, 1.82) is 0 Å². The molecule has 152 valence electrons. The van der Waals surface area contributed by atoms with Crippen LogP contribution < -0.4 is 0 Å². The van der Waals surface area contributed by atoms with Gasteiger partial charge in [-0.3, -0.25) is 0 Å². The Labute approximate surface area is 161 Å². The van der Waals surface area contributed by atoms with Gasteiger partial charge in [0.15, 0.2) is 0 Å². The molecule has 0 fully saturated rings. The van der Waals surface area contributed by atoms with Crippen LogP contribution in [-0.2, 0) is 18.9 Å². The van der Waals surface area contributed by atoms with E-state index in [1.807, 2.05) is 0 Å². The summed E-state index contributed by atoms with van der Waals surface area (Å²) in [6.45, 7) is 20.9. The molecule has 25 heavy (non-hydrogen) atoms. The molecule has 0 unspecified atom stereocenters. The van der Waals surface area contributed by atoms with Crippen LogP contribution in [0.4, 0.5) is 0 Å². The normalized spacial score (nSPS) is 14.6. The molecule has 4 nitrogen and oxygen atoms in total. The highest BCUT2D eigenvalue weighted by Crippen LogP contribution is 2.21. The maximum Gasteiger partial charge on any atom is 0.142 e. The van der Waals surface area contributed by atoms with E-state index in [0.717, 1.165) is 0 Å². The zero-order valence-electron chi connectivity index (χ0n) is 18.5. The summed E-state index contributed by atoms with van der Waals surface area (Å²) in [5.74, 6) is 0. The van der Waals surface area contributed by atoms with Crippen molar-refractivity contribution in [1.82, 2.24) is 0 Å². The summed E-state index contributed by atoms with van der Waals surface area (Å²) in [6, 6.07) is 2.48. The molecule has 0 rings (SSSR count). The van der Waals surface area contributed by atoms with Gasteiger partial charge in [-0.15, -0.1) is 0 Å². The van der Waals surface area contributed by atoms with Crippen LogP contribution in [0, 0.1) is 0 Å². The third kappa shape index (κ3) is 13.1. The van der Waals surface area contributed by atoms with Crippen LogP contribution in [0.15, 0.2) is 0 Å². The maximum absolute atomic E-state index is 6.10. The van der Waals surface area contributed by atoms with E-state index in [-0.39, 0.29) is 35.2 Å². The van der Waals surface area contributed by atoms with Crippen molar-refractivity contribution in [3.05, 3.63) is 0 Å². The molecule has 0 aromatic heterocycles. The number of ether oxygens (including phenoxy) is 4. The monoisotopic (exact) mass is 392 g/mol. The van der Waals surface area contributed by atoms with Crippen molar-refractivity contribution >= 4 is 19.0 Å². The molecule has 0 aliphatic carbocycles. The van der Waals surface area contributed by atoms with E-state index < -0.39 is 19.0 Å². The van der Waals surface area contributed by atoms with E-state index in [1.54, 1.807) is 0 Å². The summed E-state index contributed by atoms with van der Waals surface area (Å²) in [5, 5.41) is 0. The highest BCUT2D eigenvalue weighted by atomic mass is 28.2. The van der Waals surface area contributed by atoms with Gasteiger partial charge in [0, 0.05) is 0 Å². The summed E-state index contributed by atoms with van der Waals surface area (Å²) in [6.07, 6.45) is 2.04. The average Bonchev–Trinajstić information content (AvgIpc) is 2.33. The fourth-order valence-corrected chi connectivity index (χ4v) is 8.36. The summed E-state index contributed by atoms with van der Waals surface area (Å²) in [5.41, 5.74) is -0.702. The van der Waals surface area contributed by atoms with E-state index in [2.05, 4.69) is 69.2 Å². The third-order valence-corrected chi connectivity index (χ3v) is 7.89. The minimum absolute atomic E-state index is 0.202. The Balaban J connectivity index is 4.41. The smallest absolute Gasteiger partial charge is 0.142 e. The van der Waals surface area contributed by atoms with Crippen molar-refractivity contribution in [3.8, 4) is 0 Å². The average molecular weight is 393 g/mol. The first-order chi connectivity index (χ1) is 11.4. The molecule has 0 amide bonds. The fraction of sp³-hybridized carbons (Fsp3) is 1.00. The molecule has 0 bridgehead atoms. The first-order valence-electron chi connectivity index (χ1n) is 10.1. The lowest BCUT2D eigenvalue weighted by molar-refractivity contribution is -0.205. The Morgan fingerprint density at radius 3 is 1.00 bits per heavy atom. The maximum atomic E-state index is 6.10. The van der Waals surface area contributed by atoms with Gasteiger partial charge in [-0.2, -0.15) is 0 Å². The molecule has 0 aromatic carbocycles. The zero-order valence-corrected chi connectivity index (χ0v) is 21.3. The fourth-order valence-electron chi connectivity index (χ4n) is 3.35. The van der Waals surface area contributed by atoms with Gasteiger partial charge in [0.05, 0.1) is 43.5 Å². The van der Waals surface area contributed by atoms with Gasteiger partial charge >= 0.3 is 0 Å². The Hall–Kier alpha value is 0.274. The molecule has 0 N–H and O–H groups in total. The van der Waals surface area contributed by atoms with Crippen LogP contribution in [0.5, 0.6) is 0 Å². The second-order valence-electron chi connectivity index (χ2n) is 8.49. The molecule has 0 radical (unpaired) electrons. The predicted octanol–water partition coefficient (Wildman–Crippen LogP) is 3.60. The first-order valence-corrected chi connectivity index (χ1v) is 13.5. The van der Waals surface area contributed by atoms with Crippen molar-refractivity contribution in [3.63, 3.8) is 0 Å². The lowest BCUT2D eigenvalue weighted by Gasteiger charge is -2.35. The largest absolute Gasteiger partial charge is 0.352 e. The van der Waals surface area contributed by atoms with E-state index in [4.69, 9.17) is 18.9 Å². The summed E-state index contributed by atoms with van der Waals surface area (Å²) in [7, 11) is -0.937.